The molecule has 0 aliphatic carbocycles. The van der Waals surface area contributed by atoms with Gasteiger partial charge in [0.05, 0.1) is 0 Å². The Hall–Kier alpha value is -3.40. The number of nitrogens with zero attached hydrogens (tertiary/aromatic N) is 6. The number of rotatable bonds is 4. The van der Waals surface area contributed by atoms with Crippen LogP contribution in [0.4, 0.5) is 17.5 Å². The van der Waals surface area contributed by atoms with Crippen molar-refractivity contribution in [2.45, 2.75) is 25.8 Å². The summed E-state index contributed by atoms with van der Waals surface area (Å²) in [6.45, 7) is 3.88. The largest absolute Gasteiger partial charge is 0.437 e. The SMILES string of the molecule is CCNc1nc(Cl)c2c(n1)N1CCCC1CN(c1cccc(-c3nn(C)c(=O)o3)c1)C2=O. The quantitative estimate of drug-likeness (QED) is 0.598. The fourth-order valence-corrected chi connectivity index (χ4v) is 4.52. The second-order valence-electron chi connectivity index (χ2n) is 7.82. The molecule has 3 aromatic rings. The molecule has 2 aliphatic rings. The van der Waals surface area contributed by atoms with Gasteiger partial charge in [-0.1, -0.05) is 17.7 Å². The second kappa shape index (κ2) is 7.94. The third kappa shape index (κ3) is 3.40. The van der Waals surface area contributed by atoms with E-state index in [1.807, 2.05) is 13.0 Å². The Bertz CT molecular complexity index is 1250. The highest BCUT2D eigenvalue weighted by atomic mass is 35.5. The van der Waals surface area contributed by atoms with Crippen molar-refractivity contribution in [2.24, 2.45) is 7.05 Å². The smallest absolute Gasteiger partial charge is 0.388 e. The van der Waals surface area contributed by atoms with Crippen molar-refractivity contribution in [1.82, 2.24) is 19.7 Å². The molecule has 1 fully saturated rings. The first-order valence-corrected chi connectivity index (χ1v) is 10.9. The Kier molecular flexibility index (Phi) is 5.09. The van der Waals surface area contributed by atoms with E-state index in [-0.39, 0.29) is 23.0 Å². The van der Waals surface area contributed by atoms with Gasteiger partial charge in [0.15, 0.2) is 0 Å². The monoisotopic (exact) mass is 455 g/mol. The van der Waals surface area contributed by atoms with Gasteiger partial charge in [0.25, 0.3) is 5.91 Å². The normalized spacial score (nSPS) is 17.8. The molecule has 0 bridgehead atoms. The summed E-state index contributed by atoms with van der Waals surface area (Å²) in [5.41, 5.74) is 1.56. The van der Waals surface area contributed by atoms with Crippen LogP contribution in [0.3, 0.4) is 0 Å². The van der Waals surface area contributed by atoms with Crippen LogP contribution in [0, 0.1) is 0 Å². The predicted molar refractivity (Wildman–Crippen MR) is 120 cm³/mol. The van der Waals surface area contributed by atoms with Crippen LogP contribution in [0.1, 0.15) is 30.1 Å². The average molecular weight is 456 g/mol. The maximum atomic E-state index is 13.7. The van der Waals surface area contributed by atoms with Gasteiger partial charge < -0.3 is 19.5 Å². The first-order valence-electron chi connectivity index (χ1n) is 10.5. The molecule has 32 heavy (non-hydrogen) atoms. The average Bonchev–Trinajstić information content (AvgIpc) is 3.35. The van der Waals surface area contributed by atoms with Crippen molar-refractivity contribution in [1.29, 1.82) is 0 Å². The Morgan fingerprint density at radius 1 is 1.28 bits per heavy atom. The van der Waals surface area contributed by atoms with Crippen LogP contribution in [0.25, 0.3) is 11.5 Å². The van der Waals surface area contributed by atoms with Crippen LogP contribution in [-0.2, 0) is 7.05 Å². The number of carbonyl (C=O) groups is 1. The highest BCUT2D eigenvalue weighted by Crippen LogP contribution is 2.37. The number of anilines is 3. The highest BCUT2D eigenvalue weighted by Gasteiger charge is 2.39. The molecule has 2 aliphatic heterocycles. The van der Waals surface area contributed by atoms with Crippen LogP contribution in [0.5, 0.6) is 0 Å². The van der Waals surface area contributed by atoms with Gasteiger partial charge in [0.1, 0.15) is 16.5 Å². The molecule has 1 amide bonds. The topological polar surface area (TPSA) is 109 Å². The molecule has 5 rings (SSSR count). The number of carbonyl (C=O) groups excluding carboxylic acids is 1. The number of fused-ring (bicyclic) bond motifs is 3. The lowest BCUT2D eigenvalue weighted by Gasteiger charge is -2.27. The van der Waals surface area contributed by atoms with E-state index >= 15 is 0 Å². The number of benzene rings is 1. The van der Waals surface area contributed by atoms with Crippen molar-refractivity contribution in [3.05, 3.63) is 45.5 Å². The van der Waals surface area contributed by atoms with Crippen LogP contribution in [0.15, 0.2) is 33.5 Å². The van der Waals surface area contributed by atoms with E-state index in [1.54, 1.807) is 23.1 Å². The zero-order valence-corrected chi connectivity index (χ0v) is 18.5. The summed E-state index contributed by atoms with van der Waals surface area (Å²) in [4.78, 5) is 38.2. The molecule has 1 aromatic carbocycles. The summed E-state index contributed by atoms with van der Waals surface area (Å²) < 4.78 is 6.34. The van der Waals surface area contributed by atoms with Gasteiger partial charge in [-0.2, -0.15) is 9.67 Å². The van der Waals surface area contributed by atoms with E-state index in [0.717, 1.165) is 24.1 Å². The minimum atomic E-state index is -0.549. The van der Waals surface area contributed by atoms with E-state index in [1.165, 1.54) is 7.05 Å². The molecule has 10 nitrogen and oxygen atoms in total. The zero-order chi connectivity index (χ0) is 22.4. The maximum Gasteiger partial charge on any atom is 0.437 e. The van der Waals surface area contributed by atoms with Gasteiger partial charge in [-0.15, -0.1) is 5.10 Å². The van der Waals surface area contributed by atoms with Crippen LogP contribution in [-0.4, -0.2) is 51.3 Å². The van der Waals surface area contributed by atoms with Crippen LogP contribution >= 0.6 is 11.6 Å². The lowest BCUT2D eigenvalue weighted by Crippen LogP contribution is -2.39. The summed E-state index contributed by atoms with van der Waals surface area (Å²) >= 11 is 6.51. The molecular weight excluding hydrogens is 434 g/mol. The molecule has 0 radical (unpaired) electrons. The number of aromatic nitrogens is 4. The molecular formula is C21H22ClN7O3. The Balaban J connectivity index is 1.60. The Morgan fingerprint density at radius 3 is 2.88 bits per heavy atom. The van der Waals surface area contributed by atoms with Crippen molar-refractivity contribution < 1.29 is 9.21 Å². The number of aryl methyl sites for hydroxylation is 1. The number of halogens is 1. The van der Waals surface area contributed by atoms with E-state index < -0.39 is 5.76 Å². The summed E-state index contributed by atoms with van der Waals surface area (Å²) in [5.74, 6) is 0.369. The van der Waals surface area contributed by atoms with Gasteiger partial charge in [-0.25, -0.2) is 9.78 Å². The molecule has 2 aromatic heterocycles. The molecule has 0 spiro atoms. The van der Waals surface area contributed by atoms with Gasteiger partial charge in [0.2, 0.25) is 11.8 Å². The third-order valence-electron chi connectivity index (χ3n) is 5.78. The van der Waals surface area contributed by atoms with Crippen molar-refractivity contribution in [3.63, 3.8) is 0 Å². The summed E-state index contributed by atoms with van der Waals surface area (Å²) in [6.07, 6.45) is 1.94. The predicted octanol–water partition coefficient (Wildman–Crippen LogP) is 2.54. The Morgan fingerprint density at radius 2 is 2.12 bits per heavy atom. The minimum absolute atomic E-state index is 0.108. The lowest BCUT2D eigenvalue weighted by molar-refractivity contribution is 0.0988. The fourth-order valence-electron chi connectivity index (χ4n) is 4.28. The van der Waals surface area contributed by atoms with E-state index in [9.17, 15) is 9.59 Å². The third-order valence-corrected chi connectivity index (χ3v) is 6.05. The first kappa shape index (κ1) is 20.5. The molecule has 1 unspecified atom stereocenters. The minimum Gasteiger partial charge on any atom is -0.388 e. The molecule has 1 atom stereocenters. The zero-order valence-electron chi connectivity index (χ0n) is 17.7. The molecule has 1 saturated heterocycles. The second-order valence-corrected chi connectivity index (χ2v) is 8.18. The van der Waals surface area contributed by atoms with Crippen molar-refractivity contribution in [2.75, 3.05) is 34.8 Å². The standard InChI is InChI=1S/C21H22ClN7O3/c1-3-23-20-24-16(22)15-17(25-20)28-9-5-8-14(28)11-29(19(15)30)13-7-4-6-12(10-13)18-26-27(2)21(31)32-18/h4,6-7,10,14H,3,5,8-9,11H2,1-2H3,(H,23,24,25). The molecule has 11 heteroatoms. The summed E-state index contributed by atoms with van der Waals surface area (Å²) in [5, 5.41) is 7.32. The van der Waals surface area contributed by atoms with Crippen LogP contribution in [0.2, 0.25) is 5.15 Å². The maximum absolute atomic E-state index is 13.7. The van der Waals surface area contributed by atoms with Gasteiger partial charge >= 0.3 is 5.76 Å². The van der Waals surface area contributed by atoms with Gasteiger partial charge in [-0.3, -0.25) is 4.79 Å². The Labute approximate surface area is 188 Å². The summed E-state index contributed by atoms with van der Waals surface area (Å²) in [7, 11) is 1.52. The van der Waals surface area contributed by atoms with Crippen LogP contribution < -0.4 is 20.9 Å². The molecule has 4 heterocycles. The number of amides is 1. The van der Waals surface area contributed by atoms with E-state index in [4.69, 9.17) is 16.0 Å². The van der Waals surface area contributed by atoms with Gasteiger partial charge in [-0.05, 0) is 38.0 Å². The fraction of sp³-hybridized carbons (Fsp3) is 0.381. The van der Waals surface area contributed by atoms with Gasteiger partial charge in [0, 0.05) is 44.0 Å². The molecule has 0 saturated carbocycles. The lowest BCUT2D eigenvalue weighted by atomic mass is 10.1. The first-order chi connectivity index (χ1) is 15.5. The number of hydrogen-bond acceptors (Lipinski definition) is 8. The number of hydrogen-bond donors (Lipinski definition) is 1. The summed E-state index contributed by atoms with van der Waals surface area (Å²) in [6, 6.07) is 7.32. The van der Waals surface area contributed by atoms with Crippen molar-refractivity contribution >= 4 is 35.0 Å². The van der Waals surface area contributed by atoms with Crippen molar-refractivity contribution in [3.8, 4) is 11.5 Å². The highest BCUT2D eigenvalue weighted by molar-refractivity contribution is 6.34. The van der Waals surface area contributed by atoms with E-state index in [0.29, 0.717) is 41.7 Å². The number of nitrogens with one attached hydrogen (secondary N) is 1. The van der Waals surface area contributed by atoms with E-state index in [2.05, 4.69) is 25.3 Å². The molecule has 1 N–H and O–H groups in total. The molecule has 166 valence electrons.